The smallest absolute Gasteiger partial charge is 0.313 e. The number of carbonyl (C=O) groups is 1. The molecule has 16 heavy (non-hydrogen) atoms. The van der Waals surface area contributed by atoms with E-state index in [0.29, 0.717) is 12.2 Å². The van der Waals surface area contributed by atoms with Crippen molar-refractivity contribution in [1.29, 1.82) is 0 Å². The maximum atomic E-state index is 11.6. The van der Waals surface area contributed by atoms with Crippen molar-refractivity contribution in [1.82, 2.24) is 0 Å². The molecule has 0 bridgehead atoms. The fraction of sp³-hybridized carbons (Fsp3) is 0.417. The Morgan fingerprint density at radius 2 is 2.19 bits per heavy atom. The van der Waals surface area contributed by atoms with Crippen LogP contribution in [0.5, 0.6) is 5.75 Å². The van der Waals surface area contributed by atoms with E-state index >= 15 is 0 Å². The van der Waals surface area contributed by atoms with Gasteiger partial charge >= 0.3 is 5.97 Å². The first-order valence-electron chi connectivity index (χ1n) is 5.11. The molecule has 0 radical (unpaired) electrons. The van der Waals surface area contributed by atoms with Crippen molar-refractivity contribution in [3.8, 4) is 5.75 Å². The topological polar surface area (TPSA) is 55.8 Å². The van der Waals surface area contributed by atoms with E-state index in [1.54, 1.807) is 19.2 Å². The van der Waals surface area contributed by atoms with Gasteiger partial charge in [-0.2, -0.15) is 0 Å². The van der Waals surface area contributed by atoms with Gasteiger partial charge in [-0.05, 0) is 18.1 Å². The number of aliphatic hydroxyl groups is 1. The molecule has 0 amide bonds. The van der Waals surface area contributed by atoms with E-state index in [-0.39, 0.29) is 5.97 Å². The SMILES string of the molecule is COC(=O)C1CC(O)c2cccc(OC)c21. The summed E-state index contributed by atoms with van der Waals surface area (Å²) < 4.78 is 9.94. The molecule has 0 spiro atoms. The van der Waals surface area contributed by atoms with Crippen molar-refractivity contribution < 1.29 is 19.4 Å². The highest BCUT2D eigenvalue weighted by molar-refractivity contribution is 5.81. The van der Waals surface area contributed by atoms with E-state index in [2.05, 4.69) is 0 Å². The molecule has 0 fully saturated rings. The minimum Gasteiger partial charge on any atom is -0.496 e. The first-order chi connectivity index (χ1) is 7.69. The molecular formula is C12H14O4. The second-order valence-electron chi connectivity index (χ2n) is 3.79. The van der Waals surface area contributed by atoms with Crippen molar-refractivity contribution in [2.75, 3.05) is 14.2 Å². The van der Waals surface area contributed by atoms with Gasteiger partial charge in [-0.1, -0.05) is 12.1 Å². The van der Waals surface area contributed by atoms with Crippen LogP contribution in [0.2, 0.25) is 0 Å². The summed E-state index contributed by atoms with van der Waals surface area (Å²) >= 11 is 0. The largest absolute Gasteiger partial charge is 0.496 e. The Morgan fingerprint density at radius 1 is 1.44 bits per heavy atom. The molecule has 0 saturated heterocycles. The van der Waals surface area contributed by atoms with E-state index in [0.717, 1.165) is 11.1 Å². The molecule has 0 saturated carbocycles. The van der Waals surface area contributed by atoms with Crippen LogP contribution in [0.25, 0.3) is 0 Å². The average Bonchev–Trinajstić information content (AvgIpc) is 2.66. The summed E-state index contributed by atoms with van der Waals surface area (Å²) in [4.78, 5) is 11.6. The molecule has 0 heterocycles. The van der Waals surface area contributed by atoms with Gasteiger partial charge < -0.3 is 14.6 Å². The monoisotopic (exact) mass is 222 g/mol. The van der Waals surface area contributed by atoms with Crippen molar-refractivity contribution in [2.45, 2.75) is 18.4 Å². The number of hydrogen-bond acceptors (Lipinski definition) is 4. The summed E-state index contributed by atoms with van der Waals surface area (Å²) in [5.74, 6) is -0.127. The number of fused-ring (bicyclic) bond motifs is 1. The van der Waals surface area contributed by atoms with Crippen LogP contribution in [0.4, 0.5) is 0 Å². The highest BCUT2D eigenvalue weighted by Crippen LogP contribution is 2.45. The molecule has 2 rings (SSSR count). The second kappa shape index (κ2) is 4.14. The van der Waals surface area contributed by atoms with E-state index < -0.39 is 12.0 Å². The van der Waals surface area contributed by atoms with Gasteiger partial charge in [0.2, 0.25) is 0 Å². The van der Waals surface area contributed by atoms with Gasteiger partial charge in [0.15, 0.2) is 0 Å². The van der Waals surface area contributed by atoms with E-state index in [1.807, 2.05) is 6.07 Å². The second-order valence-corrected chi connectivity index (χ2v) is 3.79. The third-order valence-electron chi connectivity index (χ3n) is 2.97. The first-order valence-corrected chi connectivity index (χ1v) is 5.11. The van der Waals surface area contributed by atoms with E-state index in [1.165, 1.54) is 7.11 Å². The van der Waals surface area contributed by atoms with Gasteiger partial charge in [0.1, 0.15) is 5.75 Å². The van der Waals surface area contributed by atoms with Crippen LogP contribution in [0.3, 0.4) is 0 Å². The standard InChI is InChI=1S/C12H14O4/c1-15-10-5-3-4-7-9(13)6-8(11(7)10)12(14)16-2/h3-5,8-9,13H,6H2,1-2H3. The normalized spacial score (nSPS) is 22.7. The van der Waals surface area contributed by atoms with Crippen molar-refractivity contribution in [3.63, 3.8) is 0 Å². The summed E-state index contributed by atoms with van der Waals surface area (Å²) in [5.41, 5.74) is 1.51. The fourth-order valence-electron chi connectivity index (χ4n) is 2.23. The molecule has 1 N–H and O–H groups in total. The number of rotatable bonds is 2. The third kappa shape index (κ3) is 1.55. The lowest BCUT2D eigenvalue weighted by atomic mass is 10.0. The number of hydrogen-bond donors (Lipinski definition) is 1. The molecule has 0 aromatic heterocycles. The van der Waals surface area contributed by atoms with Crippen LogP contribution in [0.1, 0.15) is 29.6 Å². The van der Waals surface area contributed by atoms with Crippen LogP contribution >= 0.6 is 0 Å². The minimum atomic E-state index is -0.616. The fourth-order valence-corrected chi connectivity index (χ4v) is 2.23. The molecule has 0 aliphatic heterocycles. The Labute approximate surface area is 93.8 Å². The summed E-state index contributed by atoms with van der Waals surface area (Å²) in [6.45, 7) is 0. The number of esters is 1. The molecule has 1 aromatic rings. The number of methoxy groups -OCH3 is 2. The maximum absolute atomic E-state index is 11.6. The number of aliphatic hydroxyl groups excluding tert-OH is 1. The predicted molar refractivity (Wildman–Crippen MR) is 57.3 cm³/mol. The summed E-state index contributed by atoms with van der Waals surface area (Å²) in [6.07, 6.45) is -0.253. The van der Waals surface area contributed by atoms with Crippen molar-refractivity contribution in [2.24, 2.45) is 0 Å². The molecule has 1 aliphatic carbocycles. The summed E-state index contributed by atoms with van der Waals surface area (Å²) in [5, 5.41) is 9.85. The molecule has 2 atom stereocenters. The zero-order chi connectivity index (χ0) is 11.7. The van der Waals surface area contributed by atoms with Gasteiger partial charge in [-0.15, -0.1) is 0 Å². The van der Waals surface area contributed by atoms with E-state index in [4.69, 9.17) is 9.47 Å². The molecule has 2 unspecified atom stereocenters. The lowest BCUT2D eigenvalue weighted by Crippen LogP contribution is -2.12. The lowest BCUT2D eigenvalue weighted by molar-refractivity contribution is -0.142. The van der Waals surface area contributed by atoms with Crippen LogP contribution in [0, 0.1) is 0 Å². The highest BCUT2D eigenvalue weighted by Gasteiger charge is 2.37. The Kier molecular flexibility index (Phi) is 2.83. The Bertz CT molecular complexity index is 413. The van der Waals surface area contributed by atoms with Crippen LogP contribution < -0.4 is 4.74 Å². The molecule has 1 aromatic carbocycles. The van der Waals surface area contributed by atoms with Crippen LogP contribution in [-0.4, -0.2) is 25.3 Å². The molecule has 1 aliphatic rings. The van der Waals surface area contributed by atoms with Crippen molar-refractivity contribution >= 4 is 5.97 Å². The van der Waals surface area contributed by atoms with Gasteiger partial charge in [0, 0.05) is 5.56 Å². The first kappa shape index (κ1) is 11.0. The van der Waals surface area contributed by atoms with E-state index in [9.17, 15) is 9.90 Å². The third-order valence-corrected chi connectivity index (χ3v) is 2.97. The van der Waals surface area contributed by atoms with Gasteiger partial charge in [0.05, 0.1) is 26.2 Å². The Balaban J connectivity index is 2.50. The number of carbonyl (C=O) groups excluding carboxylic acids is 1. The number of ether oxygens (including phenoxy) is 2. The summed E-state index contributed by atoms with van der Waals surface area (Å²) in [6, 6.07) is 5.40. The van der Waals surface area contributed by atoms with Crippen LogP contribution in [0.15, 0.2) is 18.2 Å². The molecule has 4 heteroatoms. The minimum absolute atomic E-state index is 0.331. The maximum Gasteiger partial charge on any atom is 0.313 e. The summed E-state index contributed by atoms with van der Waals surface area (Å²) in [7, 11) is 2.90. The van der Waals surface area contributed by atoms with Gasteiger partial charge in [0.25, 0.3) is 0 Å². The van der Waals surface area contributed by atoms with Crippen LogP contribution in [-0.2, 0) is 9.53 Å². The zero-order valence-electron chi connectivity index (χ0n) is 9.27. The highest BCUT2D eigenvalue weighted by atomic mass is 16.5. The van der Waals surface area contributed by atoms with Gasteiger partial charge in [-0.3, -0.25) is 4.79 Å². The molecule has 86 valence electrons. The Hall–Kier alpha value is -1.55. The number of benzene rings is 1. The molecular weight excluding hydrogens is 208 g/mol. The average molecular weight is 222 g/mol. The predicted octanol–water partition coefficient (Wildman–Crippen LogP) is 1.39. The molecule has 4 nitrogen and oxygen atoms in total. The van der Waals surface area contributed by atoms with Gasteiger partial charge in [-0.25, -0.2) is 0 Å². The Morgan fingerprint density at radius 3 is 2.81 bits per heavy atom. The lowest BCUT2D eigenvalue weighted by Gasteiger charge is -2.12. The quantitative estimate of drug-likeness (QED) is 0.768. The zero-order valence-corrected chi connectivity index (χ0v) is 9.27. The van der Waals surface area contributed by atoms with Crippen molar-refractivity contribution in [3.05, 3.63) is 29.3 Å².